The topological polar surface area (TPSA) is 75.4 Å². The van der Waals surface area contributed by atoms with Crippen LogP contribution in [0.4, 0.5) is 0 Å². The first kappa shape index (κ1) is 13.1. The summed E-state index contributed by atoms with van der Waals surface area (Å²) >= 11 is 0. The number of hydrogen-bond donors (Lipinski definition) is 1. The highest BCUT2D eigenvalue weighted by Gasteiger charge is 2.12. The molecule has 19 heavy (non-hydrogen) atoms. The molecule has 6 heteroatoms. The second-order valence-corrected chi connectivity index (χ2v) is 4.32. The molecule has 1 aromatic heterocycles. The largest absolute Gasteiger partial charge is 0.481 e. The van der Waals surface area contributed by atoms with Crippen LogP contribution in [0.5, 0.6) is 0 Å². The van der Waals surface area contributed by atoms with Crippen LogP contribution in [-0.2, 0) is 16.1 Å². The Morgan fingerprint density at radius 1 is 1.37 bits per heavy atom. The molecule has 1 aromatic carbocycles. The first-order valence-corrected chi connectivity index (χ1v) is 5.94. The summed E-state index contributed by atoms with van der Waals surface area (Å²) in [5.41, 5.74) is 0.891. The molecule has 0 aliphatic carbocycles. The van der Waals surface area contributed by atoms with E-state index in [-0.39, 0.29) is 25.4 Å². The number of benzene rings is 1. The predicted octanol–water partition coefficient (Wildman–Crippen LogP) is 0.969. The van der Waals surface area contributed by atoms with Crippen LogP contribution in [0.3, 0.4) is 0 Å². The van der Waals surface area contributed by atoms with Crippen molar-refractivity contribution in [1.29, 1.82) is 0 Å². The van der Waals surface area contributed by atoms with Gasteiger partial charge in [-0.05, 0) is 6.07 Å². The minimum atomic E-state index is -0.913. The lowest BCUT2D eigenvalue weighted by molar-refractivity contribution is -0.138. The van der Waals surface area contributed by atoms with E-state index in [9.17, 15) is 9.59 Å². The summed E-state index contributed by atoms with van der Waals surface area (Å²) in [6.07, 6.45) is 1.65. The number of carboxylic acid groups (broad SMARTS) is 1. The van der Waals surface area contributed by atoms with Crippen molar-refractivity contribution in [2.24, 2.45) is 0 Å². The molecule has 0 aliphatic heterocycles. The number of carbonyl (C=O) groups is 2. The number of likely N-dealkylation sites (N-methyl/N-ethyl adjacent to an activating group) is 1. The summed E-state index contributed by atoms with van der Waals surface area (Å²) in [6, 6.07) is 7.62. The van der Waals surface area contributed by atoms with E-state index in [0.29, 0.717) is 0 Å². The van der Waals surface area contributed by atoms with Crippen molar-refractivity contribution >= 4 is 22.8 Å². The van der Waals surface area contributed by atoms with E-state index in [2.05, 4.69) is 5.10 Å². The lowest BCUT2D eigenvalue weighted by Gasteiger charge is -2.16. The van der Waals surface area contributed by atoms with Crippen LogP contribution in [0, 0.1) is 0 Å². The molecule has 0 radical (unpaired) electrons. The van der Waals surface area contributed by atoms with Crippen molar-refractivity contribution in [3.8, 4) is 0 Å². The number of carbonyl (C=O) groups excluding carboxylic acids is 1. The fraction of sp³-hybridized carbons (Fsp3) is 0.308. The average Bonchev–Trinajstić information content (AvgIpc) is 2.79. The first-order valence-electron chi connectivity index (χ1n) is 5.94. The third-order valence-electron chi connectivity index (χ3n) is 2.92. The van der Waals surface area contributed by atoms with E-state index in [0.717, 1.165) is 10.9 Å². The summed E-state index contributed by atoms with van der Waals surface area (Å²) < 4.78 is 1.62. The van der Waals surface area contributed by atoms with Gasteiger partial charge in [-0.25, -0.2) is 0 Å². The Hall–Kier alpha value is -2.37. The van der Waals surface area contributed by atoms with Crippen molar-refractivity contribution in [3.63, 3.8) is 0 Å². The summed E-state index contributed by atoms with van der Waals surface area (Å²) in [5.74, 6) is -1.07. The zero-order valence-electron chi connectivity index (χ0n) is 10.6. The maximum absolute atomic E-state index is 11.9. The Balaban J connectivity index is 2.04. The highest BCUT2D eigenvalue weighted by molar-refractivity contribution is 5.82. The van der Waals surface area contributed by atoms with Crippen molar-refractivity contribution in [3.05, 3.63) is 30.5 Å². The first-order chi connectivity index (χ1) is 9.08. The van der Waals surface area contributed by atoms with Gasteiger partial charge in [0.15, 0.2) is 0 Å². The maximum Gasteiger partial charge on any atom is 0.305 e. The van der Waals surface area contributed by atoms with E-state index >= 15 is 0 Å². The maximum atomic E-state index is 11.9. The molecule has 0 saturated carbocycles. The molecule has 0 atom stereocenters. The SMILES string of the molecule is CN(CCC(=O)O)C(=O)Cn1ncc2ccccc21. The molecular weight excluding hydrogens is 246 g/mol. The van der Waals surface area contributed by atoms with Gasteiger partial charge in [0.25, 0.3) is 0 Å². The van der Waals surface area contributed by atoms with Gasteiger partial charge in [0.05, 0.1) is 18.1 Å². The van der Waals surface area contributed by atoms with Crippen LogP contribution in [0.25, 0.3) is 10.9 Å². The van der Waals surface area contributed by atoms with Crippen molar-refractivity contribution in [2.45, 2.75) is 13.0 Å². The van der Waals surface area contributed by atoms with Crippen molar-refractivity contribution < 1.29 is 14.7 Å². The molecule has 100 valence electrons. The van der Waals surface area contributed by atoms with Crippen LogP contribution in [0.15, 0.2) is 30.5 Å². The Morgan fingerprint density at radius 3 is 2.84 bits per heavy atom. The highest BCUT2D eigenvalue weighted by atomic mass is 16.4. The summed E-state index contributed by atoms with van der Waals surface area (Å²) in [7, 11) is 1.59. The standard InChI is InChI=1S/C13H15N3O3/c1-15(7-6-13(18)19)12(17)9-16-11-5-3-2-4-10(11)8-14-16/h2-5,8H,6-7,9H2,1H3,(H,18,19). The van der Waals surface area contributed by atoms with Gasteiger partial charge < -0.3 is 10.0 Å². The molecule has 0 saturated heterocycles. The van der Waals surface area contributed by atoms with E-state index in [4.69, 9.17) is 5.11 Å². The minimum absolute atomic E-state index is 0.0535. The van der Waals surface area contributed by atoms with E-state index < -0.39 is 5.97 Å². The number of carboxylic acids is 1. The predicted molar refractivity (Wildman–Crippen MR) is 69.6 cm³/mol. The van der Waals surface area contributed by atoms with Gasteiger partial charge in [0.1, 0.15) is 6.54 Å². The molecule has 1 amide bonds. The monoisotopic (exact) mass is 261 g/mol. The fourth-order valence-electron chi connectivity index (χ4n) is 1.79. The summed E-state index contributed by atoms with van der Waals surface area (Å²) in [4.78, 5) is 23.8. The highest BCUT2D eigenvalue weighted by Crippen LogP contribution is 2.12. The summed E-state index contributed by atoms with van der Waals surface area (Å²) in [6.45, 7) is 0.316. The normalized spacial score (nSPS) is 10.6. The van der Waals surface area contributed by atoms with E-state index in [1.807, 2.05) is 24.3 Å². The number of hydrogen-bond acceptors (Lipinski definition) is 3. The third-order valence-corrected chi connectivity index (χ3v) is 2.92. The average molecular weight is 261 g/mol. The lowest BCUT2D eigenvalue weighted by atomic mass is 10.2. The molecule has 2 aromatic rings. The Bertz CT molecular complexity index is 606. The van der Waals surface area contributed by atoms with Crippen molar-refractivity contribution in [2.75, 3.05) is 13.6 Å². The minimum Gasteiger partial charge on any atom is -0.481 e. The van der Waals surface area contributed by atoms with Crippen molar-refractivity contribution in [1.82, 2.24) is 14.7 Å². The molecule has 0 bridgehead atoms. The van der Waals surface area contributed by atoms with Gasteiger partial charge in [0.2, 0.25) is 5.91 Å². The molecule has 0 aliphatic rings. The lowest BCUT2D eigenvalue weighted by Crippen LogP contribution is -2.32. The zero-order valence-corrected chi connectivity index (χ0v) is 10.6. The number of fused-ring (bicyclic) bond motifs is 1. The Kier molecular flexibility index (Phi) is 3.79. The number of nitrogens with zero attached hydrogens (tertiary/aromatic N) is 3. The molecule has 0 spiro atoms. The molecule has 6 nitrogen and oxygen atoms in total. The van der Waals surface area contributed by atoms with E-state index in [1.54, 1.807) is 17.9 Å². The quantitative estimate of drug-likeness (QED) is 0.870. The van der Waals surface area contributed by atoms with Gasteiger partial charge in [-0.15, -0.1) is 0 Å². The smallest absolute Gasteiger partial charge is 0.305 e. The second kappa shape index (κ2) is 5.51. The number of para-hydroxylation sites is 1. The molecule has 1 heterocycles. The summed E-state index contributed by atoms with van der Waals surface area (Å²) in [5, 5.41) is 13.7. The number of rotatable bonds is 5. The Morgan fingerprint density at radius 2 is 2.11 bits per heavy atom. The van der Waals surface area contributed by atoms with Crippen LogP contribution in [0.1, 0.15) is 6.42 Å². The van der Waals surface area contributed by atoms with Gasteiger partial charge >= 0.3 is 5.97 Å². The Labute approximate surface area is 110 Å². The van der Waals surface area contributed by atoms with E-state index in [1.165, 1.54) is 4.90 Å². The number of amides is 1. The molecule has 1 N–H and O–H groups in total. The van der Waals surface area contributed by atoms with Gasteiger partial charge in [-0.1, -0.05) is 18.2 Å². The molecular formula is C13H15N3O3. The van der Waals surface area contributed by atoms with Gasteiger partial charge in [0, 0.05) is 19.0 Å². The molecule has 0 unspecified atom stereocenters. The fourth-order valence-corrected chi connectivity index (χ4v) is 1.79. The van der Waals surface area contributed by atoms with Gasteiger partial charge in [-0.3, -0.25) is 14.3 Å². The van der Waals surface area contributed by atoms with Gasteiger partial charge in [-0.2, -0.15) is 5.10 Å². The second-order valence-electron chi connectivity index (χ2n) is 4.32. The van der Waals surface area contributed by atoms with Crippen LogP contribution >= 0.6 is 0 Å². The number of aromatic nitrogens is 2. The molecule has 0 fully saturated rings. The zero-order chi connectivity index (χ0) is 13.8. The molecule has 2 rings (SSSR count). The van der Waals surface area contributed by atoms with Crippen LogP contribution in [-0.4, -0.2) is 45.3 Å². The van der Waals surface area contributed by atoms with Crippen LogP contribution in [0.2, 0.25) is 0 Å². The number of aliphatic carboxylic acids is 1. The third kappa shape index (κ3) is 3.09. The van der Waals surface area contributed by atoms with Crippen LogP contribution < -0.4 is 0 Å².